The summed E-state index contributed by atoms with van der Waals surface area (Å²) in [4.78, 5) is 24.9. The van der Waals surface area contributed by atoms with Crippen molar-refractivity contribution in [3.63, 3.8) is 0 Å². The molecule has 0 saturated heterocycles. The van der Waals surface area contributed by atoms with Gasteiger partial charge in [-0.05, 0) is 39.7 Å². The SMILES string of the molecule is CCN(CC)N(CC)C(=O)C=C[C@H](Cc1ccccc1)NC(=O)OC(C)(C)C. The summed E-state index contributed by atoms with van der Waals surface area (Å²) in [5.41, 5.74) is 0.486. The van der Waals surface area contributed by atoms with E-state index in [4.69, 9.17) is 4.74 Å². The van der Waals surface area contributed by atoms with Crippen LogP contribution in [-0.2, 0) is 16.0 Å². The number of hydrazine groups is 1. The molecule has 6 nitrogen and oxygen atoms in total. The van der Waals surface area contributed by atoms with E-state index in [2.05, 4.69) is 5.32 Å². The molecule has 0 spiro atoms. The molecule has 1 aromatic rings. The molecular formula is C22H35N3O3. The molecule has 0 aliphatic carbocycles. The molecule has 1 atom stereocenters. The first-order valence-corrected chi connectivity index (χ1v) is 9.98. The molecule has 0 bridgehead atoms. The molecule has 1 aromatic carbocycles. The maximum absolute atomic E-state index is 12.7. The van der Waals surface area contributed by atoms with E-state index in [1.54, 1.807) is 11.1 Å². The van der Waals surface area contributed by atoms with E-state index in [1.165, 1.54) is 6.08 Å². The highest BCUT2D eigenvalue weighted by molar-refractivity contribution is 5.87. The van der Waals surface area contributed by atoms with Crippen LogP contribution in [0.3, 0.4) is 0 Å². The lowest BCUT2D eigenvalue weighted by atomic mass is 10.1. The second kappa shape index (κ2) is 11.5. The minimum atomic E-state index is -0.581. The Hall–Kier alpha value is -2.34. The zero-order valence-electron chi connectivity index (χ0n) is 18.1. The topological polar surface area (TPSA) is 61.9 Å². The van der Waals surface area contributed by atoms with Crippen molar-refractivity contribution >= 4 is 12.0 Å². The third kappa shape index (κ3) is 8.57. The van der Waals surface area contributed by atoms with Crippen molar-refractivity contribution in [3.8, 4) is 0 Å². The third-order valence-electron chi connectivity index (χ3n) is 4.10. The number of rotatable bonds is 9. The number of nitrogens with zero attached hydrogens (tertiary/aromatic N) is 2. The van der Waals surface area contributed by atoms with Gasteiger partial charge >= 0.3 is 6.09 Å². The molecule has 1 rings (SSSR count). The number of amides is 2. The van der Waals surface area contributed by atoms with Gasteiger partial charge in [0.05, 0.1) is 6.04 Å². The lowest BCUT2D eigenvalue weighted by Gasteiger charge is -2.31. The summed E-state index contributed by atoms with van der Waals surface area (Å²) in [5.74, 6) is -0.102. The minimum absolute atomic E-state index is 0.102. The number of benzene rings is 1. The van der Waals surface area contributed by atoms with Gasteiger partial charge in [0.15, 0.2) is 0 Å². The van der Waals surface area contributed by atoms with Crippen molar-refractivity contribution in [2.75, 3.05) is 19.6 Å². The van der Waals surface area contributed by atoms with E-state index in [0.717, 1.165) is 18.7 Å². The predicted octanol–water partition coefficient (Wildman–Crippen LogP) is 3.78. The Morgan fingerprint density at radius 1 is 1.07 bits per heavy atom. The second-order valence-corrected chi connectivity index (χ2v) is 7.49. The van der Waals surface area contributed by atoms with Gasteiger partial charge in [-0.25, -0.2) is 9.80 Å². The first-order chi connectivity index (χ1) is 13.2. The number of hydrogen-bond donors (Lipinski definition) is 1. The van der Waals surface area contributed by atoms with E-state index < -0.39 is 11.7 Å². The van der Waals surface area contributed by atoms with Gasteiger partial charge in [0.25, 0.3) is 5.91 Å². The standard InChI is InChI=1S/C22H35N3O3/c1-7-24(8-2)25(9-3)20(26)16-15-19(17-18-13-11-10-12-14-18)23-21(27)28-22(4,5)6/h10-16,19H,7-9,17H2,1-6H3,(H,23,27)/t19-/m1/s1. The molecule has 0 saturated carbocycles. The number of carbonyl (C=O) groups is 2. The van der Waals surface area contributed by atoms with Gasteiger partial charge < -0.3 is 10.1 Å². The number of carbonyl (C=O) groups excluding carboxylic acids is 2. The zero-order valence-corrected chi connectivity index (χ0v) is 18.1. The van der Waals surface area contributed by atoms with Crippen molar-refractivity contribution in [3.05, 3.63) is 48.0 Å². The zero-order chi connectivity index (χ0) is 21.2. The van der Waals surface area contributed by atoms with Crippen LogP contribution in [0.15, 0.2) is 42.5 Å². The lowest BCUT2D eigenvalue weighted by molar-refractivity contribution is -0.142. The van der Waals surface area contributed by atoms with Crippen LogP contribution < -0.4 is 5.32 Å². The fourth-order valence-electron chi connectivity index (χ4n) is 2.84. The van der Waals surface area contributed by atoms with Crippen LogP contribution in [0.2, 0.25) is 0 Å². The molecule has 0 heterocycles. The Morgan fingerprint density at radius 2 is 1.68 bits per heavy atom. The van der Waals surface area contributed by atoms with Gasteiger partial charge in [-0.15, -0.1) is 0 Å². The second-order valence-electron chi connectivity index (χ2n) is 7.49. The van der Waals surface area contributed by atoms with Gasteiger partial charge in [0, 0.05) is 25.7 Å². The first-order valence-electron chi connectivity index (χ1n) is 9.98. The Bertz CT molecular complexity index is 634. The van der Waals surface area contributed by atoms with E-state index in [9.17, 15) is 9.59 Å². The quantitative estimate of drug-likeness (QED) is 0.516. The molecule has 0 radical (unpaired) electrons. The molecule has 6 heteroatoms. The highest BCUT2D eigenvalue weighted by Gasteiger charge is 2.20. The molecule has 2 amide bonds. The van der Waals surface area contributed by atoms with Crippen LogP contribution in [0, 0.1) is 0 Å². The highest BCUT2D eigenvalue weighted by atomic mass is 16.6. The van der Waals surface area contributed by atoms with Crippen molar-refractivity contribution in [2.45, 2.75) is 59.6 Å². The van der Waals surface area contributed by atoms with Crippen LogP contribution >= 0.6 is 0 Å². The summed E-state index contributed by atoms with van der Waals surface area (Å²) < 4.78 is 5.37. The van der Waals surface area contributed by atoms with Crippen molar-refractivity contribution in [2.24, 2.45) is 0 Å². The molecule has 0 aromatic heterocycles. The van der Waals surface area contributed by atoms with Crippen LogP contribution in [0.4, 0.5) is 4.79 Å². The molecule has 28 heavy (non-hydrogen) atoms. The van der Waals surface area contributed by atoms with Gasteiger partial charge in [-0.1, -0.05) is 50.3 Å². The molecular weight excluding hydrogens is 354 g/mol. The van der Waals surface area contributed by atoms with Crippen LogP contribution in [0.5, 0.6) is 0 Å². The van der Waals surface area contributed by atoms with Crippen LogP contribution in [0.1, 0.15) is 47.1 Å². The normalized spacial score (nSPS) is 12.8. The van der Waals surface area contributed by atoms with Gasteiger partial charge in [0.2, 0.25) is 0 Å². The number of nitrogens with one attached hydrogen (secondary N) is 1. The monoisotopic (exact) mass is 389 g/mol. The Morgan fingerprint density at radius 3 is 2.18 bits per heavy atom. The Balaban J connectivity index is 2.92. The number of likely N-dealkylation sites (N-methyl/N-ethyl adjacent to an activating group) is 1. The molecule has 156 valence electrons. The fourth-order valence-corrected chi connectivity index (χ4v) is 2.84. The number of ether oxygens (including phenoxy) is 1. The number of alkyl carbamates (subject to hydrolysis) is 1. The minimum Gasteiger partial charge on any atom is -0.444 e. The molecule has 0 aliphatic rings. The largest absolute Gasteiger partial charge is 0.444 e. The Labute approximate surface area is 169 Å². The smallest absolute Gasteiger partial charge is 0.408 e. The summed E-state index contributed by atoms with van der Waals surface area (Å²) in [7, 11) is 0. The Kier molecular flexibility index (Phi) is 9.73. The highest BCUT2D eigenvalue weighted by Crippen LogP contribution is 2.09. The van der Waals surface area contributed by atoms with E-state index in [0.29, 0.717) is 13.0 Å². The average molecular weight is 390 g/mol. The van der Waals surface area contributed by atoms with E-state index >= 15 is 0 Å². The lowest BCUT2D eigenvalue weighted by Crippen LogP contribution is -2.45. The van der Waals surface area contributed by atoms with Gasteiger partial charge in [0.1, 0.15) is 5.60 Å². The molecule has 0 aliphatic heterocycles. The first kappa shape index (κ1) is 23.7. The van der Waals surface area contributed by atoms with Crippen molar-refractivity contribution < 1.29 is 14.3 Å². The van der Waals surface area contributed by atoms with E-state index in [-0.39, 0.29) is 11.9 Å². The maximum atomic E-state index is 12.7. The average Bonchev–Trinajstić information content (AvgIpc) is 2.63. The predicted molar refractivity (Wildman–Crippen MR) is 113 cm³/mol. The van der Waals surface area contributed by atoms with Gasteiger partial charge in [-0.3, -0.25) is 9.80 Å². The molecule has 0 fully saturated rings. The third-order valence-corrected chi connectivity index (χ3v) is 4.10. The van der Waals surface area contributed by atoms with E-state index in [1.807, 2.05) is 76.9 Å². The summed E-state index contributed by atoms with van der Waals surface area (Å²) in [6.45, 7) is 13.6. The van der Waals surface area contributed by atoms with Crippen molar-refractivity contribution in [1.29, 1.82) is 0 Å². The van der Waals surface area contributed by atoms with Crippen molar-refractivity contribution in [1.82, 2.24) is 15.3 Å². The summed E-state index contributed by atoms with van der Waals surface area (Å²) >= 11 is 0. The number of hydrogen-bond acceptors (Lipinski definition) is 4. The summed E-state index contributed by atoms with van der Waals surface area (Å²) in [6, 6.07) is 9.49. The molecule has 0 unspecified atom stereocenters. The fraction of sp³-hybridized carbons (Fsp3) is 0.545. The van der Waals surface area contributed by atoms with Crippen LogP contribution in [0.25, 0.3) is 0 Å². The molecule has 1 N–H and O–H groups in total. The maximum Gasteiger partial charge on any atom is 0.408 e. The van der Waals surface area contributed by atoms with Crippen LogP contribution in [-0.4, -0.2) is 53.3 Å². The van der Waals surface area contributed by atoms with Gasteiger partial charge in [-0.2, -0.15) is 0 Å². The summed E-state index contributed by atoms with van der Waals surface area (Å²) in [5, 5.41) is 6.56. The summed E-state index contributed by atoms with van der Waals surface area (Å²) in [6.07, 6.45) is 3.35.